The first-order valence-corrected chi connectivity index (χ1v) is 7.79. The van der Waals surface area contributed by atoms with Crippen molar-refractivity contribution in [2.75, 3.05) is 37.4 Å². The molecule has 0 bridgehead atoms. The molecule has 6 nitrogen and oxygen atoms in total. The van der Waals surface area contributed by atoms with Gasteiger partial charge in [-0.2, -0.15) is 0 Å². The van der Waals surface area contributed by atoms with Gasteiger partial charge in [0.15, 0.2) is 0 Å². The fourth-order valence-electron chi connectivity index (χ4n) is 1.54. The van der Waals surface area contributed by atoms with Gasteiger partial charge in [0, 0.05) is 19.7 Å². The lowest BCUT2D eigenvalue weighted by atomic mass is 10.3. The number of nitrogens with one attached hydrogen (secondary N) is 1. The van der Waals surface area contributed by atoms with E-state index >= 15 is 0 Å². The Balaban J connectivity index is 2.95. The molecular formula is C12H16F2N2O4S. The van der Waals surface area contributed by atoms with E-state index in [1.54, 1.807) is 0 Å². The van der Waals surface area contributed by atoms with Crippen molar-refractivity contribution in [3.63, 3.8) is 0 Å². The van der Waals surface area contributed by atoms with Gasteiger partial charge in [0.2, 0.25) is 15.9 Å². The molecule has 21 heavy (non-hydrogen) atoms. The fourth-order valence-corrected chi connectivity index (χ4v) is 2.40. The first kappa shape index (κ1) is 17.3. The molecule has 0 aliphatic rings. The smallest absolute Gasteiger partial charge is 0.240 e. The summed E-state index contributed by atoms with van der Waals surface area (Å²) in [4.78, 5) is 11.7. The van der Waals surface area contributed by atoms with Crippen LogP contribution in [-0.4, -0.2) is 47.4 Å². The lowest BCUT2D eigenvalue weighted by Crippen LogP contribution is -2.41. The summed E-state index contributed by atoms with van der Waals surface area (Å²) in [5.41, 5.74) is -0.388. The molecule has 1 aromatic carbocycles. The van der Waals surface area contributed by atoms with Gasteiger partial charge in [-0.15, -0.1) is 0 Å². The number of rotatable bonds is 7. The van der Waals surface area contributed by atoms with Crippen molar-refractivity contribution in [3.8, 4) is 0 Å². The molecule has 1 amide bonds. The van der Waals surface area contributed by atoms with Crippen LogP contribution in [0.3, 0.4) is 0 Å². The number of ether oxygens (including phenoxy) is 1. The van der Waals surface area contributed by atoms with Gasteiger partial charge in [-0.05, 0) is 12.1 Å². The van der Waals surface area contributed by atoms with Crippen LogP contribution in [0.15, 0.2) is 18.2 Å². The monoisotopic (exact) mass is 322 g/mol. The molecule has 0 aliphatic heterocycles. The highest BCUT2D eigenvalue weighted by Gasteiger charge is 2.23. The number of carbonyl (C=O) groups is 1. The minimum Gasteiger partial charge on any atom is -0.383 e. The highest BCUT2D eigenvalue weighted by Crippen LogP contribution is 2.22. The molecule has 1 N–H and O–H groups in total. The predicted molar refractivity (Wildman–Crippen MR) is 73.4 cm³/mol. The molecule has 0 atom stereocenters. The molecule has 1 aromatic rings. The summed E-state index contributed by atoms with van der Waals surface area (Å²) < 4.78 is 55.3. The minimum atomic E-state index is -3.90. The van der Waals surface area contributed by atoms with E-state index in [0.717, 1.165) is 18.4 Å². The molecule has 0 spiro atoms. The molecule has 0 heterocycles. The summed E-state index contributed by atoms with van der Waals surface area (Å²) in [6.07, 6.45) is 0.832. The number of benzene rings is 1. The standard InChI is InChI=1S/C12H16F2N2O4S/c1-20-6-5-15-12(17)8-16(21(2,18)19)11-4-3-9(13)7-10(11)14/h3-4,7H,5-6,8H2,1-2H3,(H,15,17). The lowest BCUT2D eigenvalue weighted by molar-refractivity contribution is -0.119. The Bertz CT molecular complexity index is 607. The van der Waals surface area contributed by atoms with Crippen molar-refractivity contribution in [2.24, 2.45) is 0 Å². The maximum absolute atomic E-state index is 13.7. The van der Waals surface area contributed by atoms with Crippen LogP contribution < -0.4 is 9.62 Å². The van der Waals surface area contributed by atoms with E-state index in [4.69, 9.17) is 4.74 Å². The molecular weight excluding hydrogens is 306 g/mol. The second-order valence-corrected chi connectivity index (χ2v) is 6.11. The lowest BCUT2D eigenvalue weighted by Gasteiger charge is -2.22. The zero-order valence-corrected chi connectivity index (χ0v) is 12.4. The molecule has 118 valence electrons. The van der Waals surface area contributed by atoms with Gasteiger partial charge >= 0.3 is 0 Å². The van der Waals surface area contributed by atoms with Gasteiger partial charge in [0.05, 0.1) is 18.6 Å². The second kappa shape index (κ2) is 7.32. The predicted octanol–water partition coefficient (Wildman–Crippen LogP) is 0.493. The highest BCUT2D eigenvalue weighted by molar-refractivity contribution is 7.92. The maximum Gasteiger partial charge on any atom is 0.240 e. The van der Waals surface area contributed by atoms with Crippen LogP contribution in [0.5, 0.6) is 0 Å². The van der Waals surface area contributed by atoms with E-state index in [9.17, 15) is 22.0 Å². The number of nitrogens with zero attached hydrogens (tertiary/aromatic N) is 1. The average Bonchev–Trinajstić information content (AvgIpc) is 2.36. The minimum absolute atomic E-state index is 0.193. The zero-order valence-electron chi connectivity index (χ0n) is 11.6. The van der Waals surface area contributed by atoms with Crippen molar-refractivity contribution >= 4 is 21.6 Å². The van der Waals surface area contributed by atoms with E-state index in [1.165, 1.54) is 7.11 Å². The summed E-state index contributed by atoms with van der Waals surface area (Å²) in [5, 5.41) is 2.42. The quantitative estimate of drug-likeness (QED) is 0.742. The first-order chi connectivity index (χ1) is 9.75. The summed E-state index contributed by atoms with van der Waals surface area (Å²) >= 11 is 0. The molecule has 0 aliphatic carbocycles. The normalized spacial score (nSPS) is 11.2. The summed E-state index contributed by atoms with van der Waals surface area (Å²) in [7, 11) is -2.45. The average molecular weight is 322 g/mol. The van der Waals surface area contributed by atoms with Crippen molar-refractivity contribution in [1.82, 2.24) is 5.32 Å². The van der Waals surface area contributed by atoms with Crippen LogP contribution >= 0.6 is 0 Å². The first-order valence-electron chi connectivity index (χ1n) is 5.94. The maximum atomic E-state index is 13.7. The van der Waals surface area contributed by atoms with Gasteiger partial charge in [-0.25, -0.2) is 17.2 Å². The van der Waals surface area contributed by atoms with Gasteiger partial charge in [-0.1, -0.05) is 0 Å². The van der Waals surface area contributed by atoms with Crippen LogP contribution in [0.1, 0.15) is 0 Å². The molecule has 9 heteroatoms. The van der Waals surface area contributed by atoms with E-state index in [2.05, 4.69) is 5.32 Å². The molecule has 1 rings (SSSR count). The zero-order chi connectivity index (χ0) is 16.0. The van der Waals surface area contributed by atoms with E-state index < -0.39 is 34.1 Å². The topological polar surface area (TPSA) is 75.7 Å². The van der Waals surface area contributed by atoms with Gasteiger partial charge in [0.1, 0.15) is 18.2 Å². The third-order valence-corrected chi connectivity index (χ3v) is 3.62. The van der Waals surface area contributed by atoms with E-state index in [0.29, 0.717) is 10.4 Å². The largest absolute Gasteiger partial charge is 0.383 e. The number of sulfonamides is 1. The molecule has 0 saturated carbocycles. The Morgan fingerprint density at radius 1 is 1.38 bits per heavy atom. The SMILES string of the molecule is COCCNC(=O)CN(c1ccc(F)cc1F)S(C)(=O)=O. The Kier molecular flexibility index (Phi) is 6.03. The van der Waals surface area contributed by atoms with Gasteiger partial charge in [0.25, 0.3) is 0 Å². The van der Waals surface area contributed by atoms with Crippen molar-refractivity contribution < 1.29 is 26.7 Å². The number of hydrogen-bond acceptors (Lipinski definition) is 4. The Morgan fingerprint density at radius 3 is 2.57 bits per heavy atom. The van der Waals surface area contributed by atoms with Crippen LogP contribution in [0.2, 0.25) is 0 Å². The molecule has 0 unspecified atom stereocenters. The van der Waals surface area contributed by atoms with E-state index in [-0.39, 0.29) is 18.8 Å². The van der Waals surface area contributed by atoms with Crippen molar-refractivity contribution in [2.45, 2.75) is 0 Å². The Hall–Kier alpha value is -1.74. The fraction of sp³-hybridized carbons (Fsp3) is 0.417. The number of halogens is 2. The summed E-state index contributed by atoms with van der Waals surface area (Å²) in [5.74, 6) is -2.53. The molecule has 0 fully saturated rings. The summed E-state index contributed by atoms with van der Waals surface area (Å²) in [6, 6.07) is 2.43. The Labute approximate surface area is 121 Å². The van der Waals surface area contributed by atoms with Crippen molar-refractivity contribution in [3.05, 3.63) is 29.8 Å². The van der Waals surface area contributed by atoms with Gasteiger partial charge < -0.3 is 10.1 Å². The number of anilines is 1. The highest BCUT2D eigenvalue weighted by atomic mass is 32.2. The third-order valence-electron chi connectivity index (χ3n) is 2.49. The van der Waals surface area contributed by atoms with E-state index in [1.807, 2.05) is 0 Å². The third kappa shape index (κ3) is 5.27. The number of methoxy groups -OCH3 is 1. The van der Waals surface area contributed by atoms with Gasteiger partial charge in [-0.3, -0.25) is 9.10 Å². The van der Waals surface area contributed by atoms with Crippen molar-refractivity contribution in [1.29, 1.82) is 0 Å². The Morgan fingerprint density at radius 2 is 2.05 bits per heavy atom. The van der Waals surface area contributed by atoms with Crippen LogP contribution in [0, 0.1) is 11.6 Å². The summed E-state index contributed by atoms with van der Waals surface area (Å²) in [6.45, 7) is -0.153. The van der Waals surface area contributed by atoms with Crippen LogP contribution in [0.4, 0.5) is 14.5 Å². The number of carbonyl (C=O) groups excluding carboxylic acids is 1. The van der Waals surface area contributed by atoms with Crippen LogP contribution in [0.25, 0.3) is 0 Å². The molecule has 0 aromatic heterocycles. The number of hydrogen-bond donors (Lipinski definition) is 1. The second-order valence-electron chi connectivity index (χ2n) is 4.21. The van der Waals surface area contributed by atoms with Crippen LogP contribution in [-0.2, 0) is 19.6 Å². The molecule has 0 saturated heterocycles. The number of amides is 1. The molecule has 0 radical (unpaired) electrons.